The fourth-order valence-corrected chi connectivity index (χ4v) is 7.65. The molecule has 0 aliphatic carbocycles. The monoisotopic (exact) mass is 698 g/mol. The average molecular weight is 699 g/mol. The van der Waals surface area contributed by atoms with Gasteiger partial charge in [-0.15, -0.1) is 0 Å². The second-order valence-electron chi connectivity index (χ2n) is 12.6. The highest BCUT2D eigenvalue weighted by molar-refractivity contribution is 7.83. The highest BCUT2D eigenvalue weighted by atomic mass is 35.7. The van der Waals surface area contributed by atoms with Crippen LogP contribution in [0.2, 0.25) is 0 Å². The van der Waals surface area contributed by atoms with Crippen molar-refractivity contribution in [2.24, 2.45) is 4.99 Å². The fourth-order valence-electron chi connectivity index (χ4n) is 6.90. The van der Waals surface area contributed by atoms with Gasteiger partial charge in [0.2, 0.25) is 0 Å². The number of morpholine rings is 1. The Balaban J connectivity index is 1.37. The maximum absolute atomic E-state index is 13.1. The number of aliphatic imine (C=N–C) groups is 1. The van der Waals surface area contributed by atoms with Gasteiger partial charge in [-0.25, -0.2) is 24.6 Å². The Morgan fingerprint density at radius 2 is 1.55 bits per heavy atom. The van der Waals surface area contributed by atoms with E-state index in [0.717, 1.165) is 41.9 Å². The molecular formula is C36H40ClN8O3P. The van der Waals surface area contributed by atoms with Crippen molar-refractivity contribution in [1.82, 2.24) is 34.0 Å². The first-order valence-corrected chi connectivity index (χ1v) is 18.9. The van der Waals surface area contributed by atoms with Gasteiger partial charge >= 0.3 is 6.87 Å². The van der Waals surface area contributed by atoms with Crippen LogP contribution in [-0.4, -0.2) is 93.3 Å². The number of benzene rings is 3. The third-order valence-electron chi connectivity index (χ3n) is 9.32. The molecule has 13 heteroatoms. The third-order valence-corrected chi connectivity index (χ3v) is 11.9. The van der Waals surface area contributed by atoms with Crippen molar-refractivity contribution in [1.29, 1.82) is 0 Å². The summed E-state index contributed by atoms with van der Waals surface area (Å²) in [4.78, 5) is 23.4. The van der Waals surface area contributed by atoms with Crippen LogP contribution in [0.25, 0.3) is 11.2 Å². The SMILES string of the molecule is CN1CCCC1=Nc1ncnc2c1ncn2[C@H]1CN(C(c2ccccc2)(c2ccccc2)c2ccccc2)C[C@@H](CO[P@](=O)(Cl)N(C)C)O1. The number of imidazole rings is 1. The Kier molecular flexibility index (Phi) is 9.66. The number of ether oxygens (including phenoxy) is 1. The zero-order chi connectivity index (χ0) is 34.0. The van der Waals surface area contributed by atoms with E-state index >= 15 is 0 Å². The smallest absolute Gasteiger partial charge is 0.362 e. The molecule has 2 saturated heterocycles. The summed E-state index contributed by atoms with van der Waals surface area (Å²) >= 11 is 6.36. The molecular weight excluding hydrogens is 659 g/mol. The quantitative estimate of drug-likeness (QED) is 0.117. The van der Waals surface area contributed by atoms with Crippen LogP contribution in [0.1, 0.15) is 35.8 Å². The molecule has 4 heterocycles. The minimum Gasteiger partial charge on any atom is -0.363 e. The lowest BCUT2D eigenvalue weighted by Crippen LogP contribution is -2.57. The van der Waals surface area contributed by atoms with Crippen LogP contribution in [0.15, 0.2) is 109 Å². The standard InChI is InChI=1S/C36H40ClN8O3P/c1-42(2)49(37,46)47-24-30-22-44(36(27-14-7-4-8-15-27,28-16-9-5-10-17-28)29-18-11-6-12-19-29)23-32(48-30)45-26-40-33-34(38-25-39-35(33)45)41-31-20-13-21-43(31)3/h4-12,14-19,25-26,30,32H,13,20-24H2,1-3H3/t30-,32+,49+/m0/s1. The highest BCUT2D eigenvalue weighted by Crippen LogP contribution is 2.54. The van der Waals surface area contributed by atoms with Crippen LogP contribution >= 0.6 is 18.1 Å². The van der Waals surface area contributed by atoms with Crippen LogP contribution in [-0.2, 0) is 19.4 Å². The van der Waals surface area contributed by atoms with E-state index < -0.39 is 24.7 Å². The lowest BCUT2D eigenvalue weighted by atomic mass is 9.75. The van der Waals surface area contributed by atoms with Crippen LogP contribution < -0.4 is 0 Å². The maximum atomic E-state index is 13.1. The number of amidine groups is 1. The maximum Gasteiger partial charge on any atom is 0.362 e. The average Bonchev–Trinajstić information content (AvgIpc) is 3.75. The van der Waals surface area contributed by atoms with Crippen molar-refractivity contribution < 1.29 is 13.8 Å². The minimum atomic E-state index is -3.56. The van der Waals surface area contributed by atoms with Gasteiger partial charge < -0.3 is 14.2 Å². The summed E-state index contributed by atoms with van der Waals surface area (Å²) in [6.45, 7) is -1.68. The summed E-state index contributed by atoms with van der Waals surface area (Å²) in [7, 11) is 5.32. The molecule has 0 spiro atoms. The van der Waals surface area contributed by atoms with Gasteiger partial charge in [-0.3, -0.25) is 14.0 Å². The van der Waals surface area contributed by atoms with Gasteiger partial charge in [0, 0.05) is 33.1 Å². The van der Waals surface area contributed by atoms with Crippen molar-refractivity contribution in [2.75, 3.05) is 47.4 Å². The lowest BCUT2D eigenvalue weighted by molar-refractivity contribution is -0.145. The van der Waals surface area contributed by atoms with E-state index in [1.54, 1.807) is 20.4 Å². The van der Waals surface area contributed by atoms with Gasteiger partial charge in [-0.1, -0.05) is 91.0 Å². The largest absolute Gasteiger partial charge is 0.363 e. The second-order valence-corrected chi connectivity index (χ2v) is 15.8. The van der Waals surface area contributed by atoms with Gasteiger partial charge in [0.25, 0.3) is 0 Å². The summed E-state index contributed by atoms with van der Waals surface area (Å²) in [6, 6.07) is 31.5. The Bertz CT molecular complexity index is 1860. The Morgan fingerprint density at radius 3 is 2.10 bits per heavy atom. The van der Waals surface area contributed by atoms with Crippen LogP contribution in [0, 0.1) is 0 Å². The molecule has 7 rings (SSSR count). The molecule has 0 radical (unpaired) electrons. The molecule has 11 nitrogen and oxygen atoms in total. The van der Waals surface area contributed by atoms with Crippen LogP contribution in [0.4, 0.5) is 5.82 Å². The van der Waals surface area contributed by atoms with Crippen LogP contribution in [0.5, 0.6) is 0 Å². The number of halogens is 1. The molecule has 0 unspecified atom stereocenters. The van der Waals surface area contributed by atoms with Gasteiger partial charge in [0.05, 0.1) is 24.6 Å². The molecule has 3 atom stereocenters. The summed E-state index contributed by atoms with van der Waals surface area (Å²) in [6.07, 6.45) is 4.15. The first-order valence-electron chi connectivity index (χ1n) is 16.4. The summed E-state index contributed by atoms with van der Waals surface area (Å²) in [5.74, 6) is 1.51. The molecule has 0 bridgehead atoms. The zero-order valence-corrected chi connectivity index (χ0v) is 29.5. The molecule has 2 fully saturated rings. The van der Waals surface area contributed by atoms with Gasteiger partial charge in [0.15, 0.2) is 17.0 Å². The molecule has 5 aromatic rings. The normalized spacial score (nSPS) is 21.1. The Morgan fingerprint density at radius 1 is 0.939 bits per heavy atom. The number of fused-ring (bicyclic) bond motifs is 1. The number of hydrogen-bond donors (Lipinski definition) is 0. The number of hydrogen-bond acceptors (Lipinski definition) is 8. The number of aromatic nitrogens is 4. The number of rotatable bonds is 10. The third kappa shape index (κ3) is 6.55. The molecule has 0 saturated carbocycles. The Labute approximate surface area is 291 Å². The zero-order valence-electron chi connectivity index (χ0n) is 27.8. The molecule has 0 amide bonds. The second kappa shape index (κ2) is 14.1. The first-order chi connectivity index (χ1) is 23.8. The lowest BCUT2D eigenvalue weighted by Gasteiger charge is -2.50. The van der Waals surface area contributed by atoms with Crippen molar-refractivity contribution in [2.45, 2.75) is 30.7 Å². The van der Waals surface area contributed by atoms with Crippen molar-refractivity contribution in [3.05, 3.63) is 120 Å². The molecule has 49 heavy (non-hydrogen) atoms. The molecule has 2 aliphatic heterocycles. The minimum absolute atomic E-state index is 0.00720. The van der Waals surface area contributed by atoms with Crippen molar-refractivity contribution in [3.63, 3.8) is 0 Å². The molecule has 2 aromatic heterocycles. The topological polar surface area (TPSA) is 101 Å². The summed E-state index contributed by atoms with van der Waals surface area (Å²) < 4.78 is 29.2. The van der Waals surface area contributed by atoms with Crippen molar-refractivity contribution in [3.8, 4) is 0 Å². The van der Waals surface area contributed by atoms with Gasteiger partial charge in [-0.05, 0) is 48.4 Å². The Hall–Kier alpha value is -3.96. The van der Waals surface area contributed by atoms with Gasteiger partial charge in [0.1, 0.15) is 18.4 Å². The fraction of sp³-hybridized carbons (Fsp3) is 0.333. The predicted octanol–water partition coefficient (Wildman–Crippen LogP) is 6.70. The van der Waals surface area contributed by atoms with E-state index in [2.05, 4.69) is 92.6 Å². The van der Waals surface area contributed by atoms with E-state index in [1.807, 2.05) is 29.8 Å². The van der Waals surface area contributed by atoms with Crippen molar-refractivity contribution >= 4 is 40.9 Å². The van der Waals surface area contributed by atoms with E-state index in [1.165, 1.54) is 11.0 Å². The van der Waals surface area contributed by atoms with E-state index in [4.69, 9.17) is 30.5 Å². The number of likely N-dealkylation sites (tertiary alicyclic amines) is 1. The van der Waals surface area contributed by atoms with E-state index in [-0.39, 0.29) is 6.61 Å². The predicted molar refractivity (Wildman–Crippen MR) is 192 cm³/mol. The van der Waals surface area contributed by atoms with Gasteiger partial charge in [-0.2, -0.15) is 0 Å². The molecule has 0 N–H and O–H groups in total. The molecule has 254 valence electrons. The summed E-state index contributed by atoms with van der Waals surface area (Å²) in [5, 5.41) is 0. The molecule has 3 aromatic carbocycles. The first kappa shape index (κ1) is 33.5. The van der Waals surface area contributed by atoms with E-state index in [0.29, 0.717) is 30.1 Å². The summed E-state index contributed by atoms with van der Waals surface area (Å²) in [5.41, 5.74) is 3.78. The highest BCUT2D eigenvalue weighted by Gasteiger charge is 2.47. The molecule has 2 aliphatic rings. The van der Waals surface area contributed by atoms with Crippen LogP contribution in [0.3, 0.4) is 0 Å². The van der Waals surface area contributed by atoms with E-state index in [9.17, 15) is 4.57 Å². The number of nitrogens with zero attached hydrogens (tertiary/aromatic N) is 8.